The number of thiol groups is 1. The van der Waals surface area contributed by atoms with Gasteiger partial charge in [0.1, 0.15) is 48.3 Å². The lowest BCUT2D eigenvalue weighted by atomic mass is 9.95. The van der Waals surface area contributed by atoms with E-state index in [1.807, 2.05) is 96.1 Å². The van der Waals surface area contributed by atoms with E-state index in [0.717, 1.165) is 40.8 Å². The number of thiophene rings is 1. The summed E-state index contributed by atoms with van der Waals surface area (Å²) in [6.45, 7) is 16.5. The molecule has 2 saturated heterocycles. The largest absolute Gasteiger partial charge is 0.365 e. The molecular weight excluding hydrogens is 1240 g/mol. The SMILES string of the molecule is C/C=C/C(C1=C(c2cc(C)sc2C(=O)N[C@@H](CCCN)C(=O)N[C@@H](CC(C)C)C(=O)N[C@H](Cc2ccccc2)C(=O)N2CCCC2C(=O)N[C@H](C(=O)N[C@@H](CCCN)C(=O)N[C@@H](CC(C)C)C(=O)N[C@H](Cc2ccccc2)C(=O)N2CCCC2)C(C)C)CCC1)=C(/S)C(N)=O. The maximum absolute atomic E-state index is 15.1. The molecule has 8 atom stereocenters. The van der Waals surface area contributed by atoms with Crippen molar-refractivity contribution in [3.05, 3.63) is 121 Å². The molecule has 22 nitrogen and oxygen atoms in total. The van der Waals surface area contributed by atoms with Crippen molar-refractivity contribution >= 4 is 88.6 Å². The average molecular weight is 1350 g/mol. The van der Waals surface area contributed by atoms with Crippen molar-refractivity contribution in [2.75, 3.05) is 32.7 Å². The van der Waals surface area contributed by atoms with Crippen molar-refractivity contribution in [3.63, 3.8) is 0 Å². The zero-order valence-corrected chi connectivity index (χ0v) is 58.3. The first kappa shape index (κ1) is 76.3. The van der Waals surface area contributed by atoms with E-state index in [0.29, 0.717) is 66.8 Å². The summed E-state index contributed by atoms with van der Waals surface area (Å²) in [4.78, 5) is 148. The number of nitrogens with two attached hydrogens (primary N) is 3. The van der Waals surface area contributed by atoms with Crippen molar-refractivity contribution in [3.8, 4) is 0 Å². The standard InChI is InChI=1S/C71H102N12O10S2/c1-9-22-50(60(94)62(74)84)48-27-18-28-49(48)51-39-45(8)95-61(51)69(91)76-53(30-20-33-73)64(86)78-55(38-43(4)5)66(88)80-57(41-47-25-14-11-15-26-47)71(93)83-36-21-31-58(83)67(89)81-59(44(6)7)68(90)75-52(29-19-32-72)63(85)77-54(37-42(2)3)65(87)79-56(40-46-23-12-10-13-24-46)70(92)82-34-16-17-35-82/h9-15,22-26,39,42-44,52-59,94H,16-21,27-38,40-41,72-73H2,1-8H3,(H2,74,84)(H,75,90)(H,76,91)(H,77,85)(H,78,86)(H,79,87)(H,80,88)(H,81,89)/b22-9+,60-50-/t52-,53-,54-,55-,56+,57+,58?,59-/m0/s1. The van der Waals surface area contributed by atoms with E-state index in [1.54, 1.807) is 43.0 Å². The van der Waals surface area contributed by atoms with E-state index in [1.165, 1.54) is 16.2 Å². The van der Waals surface area contributed by atoms with Crippen molar-refractivity contribution < 1.29 is 47.9 Å². The molecule has 3 aliphatic rings. The Balaban J connectivity index is 1.18. The number of nitrogens with one attached hydrogen (secondary N) is 7. The highest BCUT2D eigenvalue weighted by atomic mass is 32.1. The number of carbonyl (C=O) groups excluding carboxylic acids is 10. The average Bonchev–Trinajstić information content (AvgIpc) is 1.66. The molecule has 1 aliphatic carbocycles. The summed E-state index contributed by atoms with van der Waals surface area (Å²) in [5, 5.41) is 20.4. The van der Waals surface area contributed by atoms with Crippen LogP contribution in [0.3, 0.4) is 0 Å². The lowest BCUT2D eigenvalue weighted by Gasteiger charge is -2.32. The van der Waals surface area contributed by atoms with Gasteiger partial charge in [0, 0.05) is 42.9 Å². The van der Waals surface area contributed by atoms with Gasteiger partial charge in [0.05, 0.1) is 9.78 Å². The van der Waals surface area contributed by atoms with Gasteiger partial charge in [-0.1, -0.05) is 114 Å². The summed E-state index contributed by atoms with van der Waals surface area (Å²) >= 11 is 5.73. The van der Waals surface area contributed by atoms with Gasteiger partial charge in [0.15, 0.2) is 0 Å². The van der Waals surface area contributed by atoms with Crippen LogP contribution in [-0.4, -0.2) is 150 Å². The lowest BCUT2D eigenvalue weighted by molar-refractivity contribution is -0.143. The number of amides is 10. The molecule has 10 amide bonds. The second-order valence-electron chi connectivity index (χ2n) is 26.3. The number of hydrogen-bond donors (Lipinski definition) is 11. The Labute approximate surface area is 569 Å². The molecule has 1 unspecified atom stereocenters. The predicted octanol–water partition coefficient (Wildman–Crippen LogP) is 5.57. The van der Waals surface area contributed by atoms with Gasteiger partial charge in [-0.15, -0.1) is 24.0 Å². The van der Waals surface area contributed by atoms with Crippen molar-refractivity contribution in [2.45, 2.75) is 200 Å². The quantitative estimate of drug-likeness (QED) is 0.0196. The minimum atomic E-state index is -1.23. The van der Waals surface area contributed by atoms with Crippen LogP contribution in [0.2, 0.25) is 0 Å². The van der Waals surface area contributed by atoms with Gasteiger partial charge in [-0.2, -0.15) is 0 Å². The second kappa shape index (κ2) is 37.6. The van der Waals surface area contributed by atoms with Crippen LogP contribution >= 0.6 is 24.0 Å². The number of aryl methyl sites for hydroxylation is 1. The molecule has 24 heteroatoms. The van der Waals surface area contributed by atoms with Crippen LogP contribution in [0, 0.1) is 24.7 Å². The molecule has 2 aliphatic heterocycles. The summed E-state index contributed by atoms with van der Waals surface area (Å²) < 4.78 is 0. The Morgan fingerprint density at radius 2 is 1.11 bits per heavy atom. The summed E-state index contributed by atoms with van der Waals surface area (Å²) in [5.74, 6) is -6.43. The van der Waals surface area contributed by atoms with E-state index in [2.05, 4.69) is 49.8 Å². The third kappa shape index (κ3) is 22.2. The molecule has 95 heavy (non-hydrogen) atoms. The summed E-state index contributed by atoms with van der Waals surface area (Å²) in [6, 6.07) is 11.4. The molecule has 1 aromatic heterocycles. The zero-order valence-electron chi connectivity index (χ0n) is 56.6. The Kier molecular flexibility index (Phi) is 30.2. The molecule has 0 saturated carbocycles. The Morgan fingerprint density at radius 3 is 1.60 bits per heavy atom. The molecule has 0 spiro atoms. The highest BCUT2D eigenvalue weighted by Crippen LogP contribution is 2.43. The van der Waals surface area contributed by atoms with E-state index in [-0.39, 0.29) is 87.2 Å². The fraction of sp³-hybridized carbons (Fsp3) is 0.549. The van der Waals surface area contributed by atoms with E-state index in [9.17, 15) is 43.2 Å². The molecule has 2 fully saturated rings. The summed E-state index contributed by atoms with van der Waals surface area (Å²) in [5.41, 5.74) is 22.2. The fourth-order valence-corrected chi connectivity index (χ4v) is 13.7. The molecule has 0 bridgehead atoms. The monoisotopic (exact) mass is 1350 g/mol. The van der Waals surface area contributed by atoms with Gasteiger partial charge in [-0.25, -0.2) is 0 Å². The van der Waals surface area contributed by atoms with Crippen molar-refractivity contribution in [2.24, 2.45) is 35.0 Å². The van der Waals surface area contributed by atoms with Gasteiger partial charge >= 0.3 is 0 Å². The van der Waals surface area contributed by atoms with Gasteiger partial charge in [0.25, 0.3) is 11.8 Å². The third-order valence-electron chi connectivity index (χ3n) is 17.4. The van der Waals surface area contributed by atoms with Crippen LogP contribution in [0.25, 0.3) is 5.57 Å². The smallest absolute Gasteiger partial charge is 0.262 e. The first-order valence-electron chi connectivity index (χ1n) is 33.7. The van der Waals surface area contributed by atoms with Crippen molar-refractivity contribution in [1.82, 2.24) is 47.0 Å². The molecule has 3 aromatic rings. The Morgan fingerprint density at radius 1 is 0.611 bits per heavy atom. The van der Waals surface area contributed by atoms with Crippen LogP contribution < -0.4 is 54.4 Å². The number of primary amides is 1. The summed E-state index contributed by atoms with van der Waals surface area (Å²) in [7, 11) is 0. The van der Waals surface area contributed by atoms with Crippen LogP contribution in [0.4, 0.5) is 0 Å². The Bertz CT molecular complexity index is 3250. The van der Waals surface area contributed by atoms with E-state index in [4.69, 9.17) is 17.2 Å². The highest BCUT2D eigenvalue weighted by Gasteiger charge is 2.42. The highest BCUT2D eigenvalue weighted by molar-refractivity contribution is 7.85. The maximum atomic E-state index is 15.1. The number of benzene rings is 2. The number of rotatable bonds is 35. The molecule has 2 aromatic carbocycles. The molecule has 6 rings (SSSR count). The Hall–Kier alpha value is -7.67. The van der Waals surface area contributed by atoms with Gasteiger partial charge in [-0.05, 0) is 162 Å². The number of nitrogens with zero attached hydrogens (tertiary/aromatic N) is 2. The van der Waals surface area contributed by atoms with Crippen LogP contribution in [0.15, 0.2) is 94.9 Å². The number of hydrogen-bond acceptors (Lipinski definition) is 14. The normalized spacial score (nSPS) is 17.4. The molecule has 3 heterocycles. The number of carbonyl (C=O) groups is 10. The van der Waals surface area contributed by atoms with Gasteiger partial charge < -0.3 is 64.2 Å². The molecular formula is C71H102N12O10S2. The first-order chi connectivity index (χ1) is 45.3. The van der Waals surface area contributed by atoms with E-state index >= 15 is 4.79 Å². The number of likely N-dealkylation sites (tertiary alicyclic amines) is 2. The van der Waals surface area contributed by atoms with Crippen molar-refractivity contribution in [1.29, 1.82) is 0 Å². The van der Waals surface area contributed by atoms with E-state index < -0.39 is 107 Å². The lowest BCUT2D eigenvalue weighted by Crippen LogP contribution is -2.61. The summed E-state index contributed by atoms with van der Waals surface area (Å²) in [6.07, 6.45) is 9.57. The number of allylic oxidation sites excluding steroid dienone is 5. The minimum absolute atomic E-state index is 0.0201. The first-order valence-corrected chi connectivity index (χ1v) is 35.0. The molecule has 13 N–H and O–H groups in total. The third-order valence-corrected chi connectivity index (χ3v) is 18.9. The van der Waals surface area contributed by atoms with Crippen LogP contribution in [0.5, 0.6) is 0 Å². The van der Waals surface area contributed by atoms with Crippen LogP contribution in [0.1, 0.15) is 163 Å². The topological polar surface area (TPSA) is 339 Å². The predicted molar refractivity (Wildman–Crippen MR) is 374 cm³/mol. The van der Waals surface area contributed by atoms with Crippen LogP contribution in [-0.2, 0) is 56.0 Å². The maximum Gasteiger partial charge on any atom is 0.262 e. The zero-order chi connectivity index (χ0) is 69.5. The fourth-order valence-electron chi connectivity index (χ4n) is 12.6. The van der Waals surface area contributed by atoms with Gasteiger partial charge in [-0.3, -0.25) is 47.9 Å². The molecule has 518 valence electrons. The second-order valence-corrected chi connectivity index (χ2v) is 28.0. The minimum Gasteiger partial charge on any atom is -0.365 e. The molecule has 0 radical (unpaired) electrons. The van der Waals surface area contributed by atoms with Gasteiger partial charge in [0.2, 0.25) is 47.3 Å².